The third kappa shape index (κ3) is 5.05. The van der Waals surface area contributed by atoms with E-state index in [0.717, 1.165) is 60.7 Å². The smallest absolute Gasteiger partial charge is 0.244 e. The van der Waals surface area contributed by atoms with Gasteiger partial charge in [0.15, 0.2) is 0 Å². The van der Waals surface area contributed by atoms with Gasteiger partial charge < -0.3 is 19.7 Å². The van der Waals surface area contributed by atoms with Crippen LogP contribution in [0.4, 0.5) is 5.69 Å². The maximum Gasteiger partial charge on any atom is 0.244 e. The Balaban J connectivity index is 1.33. The molecule has 0 saturated carbocycles. The highest BCUT2D eigenvalue weighted by atomic mass is 16.5. The van der Waals surface area contributed by atoms with E-state index >= 15 is 0 Å². The number of piperidine rings is 1. The van der Waals surface area contributed by atoms with E-state index in [1.165, 1.54) is 0 Å². The van der Waals surface area contributed by atoms with E-state index in [9.17, 15) is 4.79 Å². The van der Waals surface area contributed by atoms with Gasteiger partial charge in [0.1, 0.15) is 17.6 Å². The Bertz CT molecular complexity index is 1030. The number of amides is 1. The fourth-order valence-corrected chi connectivity index (χ4v) is 4.31. The van der Waals surface area contributed by atoms with E-state index in [1.54, 1.807) is 12.2 Å². The molecule has 1 unspecified atom stereocenters. The predicted molar refractivity (Wildman–Crippen MR) is 125 cm³/mol. The van der Waals surface area contributed by atoms with Crippen molar-refractivity contribution in [1.29, 1.82) is 5.26 Å². The first-order valence-corrected chi connectivity index (χ1v) is 11.3. The first kappa shape index (κ1) is 21.8. The zero-order chi connectivity index (χ0) is 22.5. The maximum atomic E-state index is 12.5. The van der Waals surface area contributed by atoms with Crippen molar-refractivity contribution in [2.75, 3.05) is 24.6 Å². The number of nitrogens with one attached hydrogen (secondary N) is 1. The van der Waals surface area contributed by atoms with Gasteiger partial charge >= 0.3 is 0 Å². The lowest BCUT2D eigenvalue weighted by molar-refractivity contribution is -0.117. The standard InChI is InChI=1S/C26H29N3O3/c1-3-31-24-16-21-14-18(2)32-25(21)15-20(24)6-9-26(30)28-22-10-12-29(13-11-22)23-7-4-19(17-27)5-8-23/h4-9,15-16,18,22H,3,10-14H2,1-2H3,(H,28,30)/b9-6+. The second-order valence-electron chi connectivity index (χ2n) is 8.33. The van der Waals surface area contributed by atoms with Crippen molar-refractivity contribution in [3.8, 4) is 17.6 Å². The van der Waals surface area contributed by atoms with E-state index in [1.807, 2.05) is 43.3 Å². The number of carbonyl (C=O) groups is 1. The number of nitrogens with zero attached hydrogens (tertiary/aromatic N) is 2. The highest BCUT2D eigenvalue weighted by molar-refractivity contribution is 5.92. The summed E-state index contributed by atoms with van der Waals surface area (Å²) in [5.41, 5.74) is 3.78. The zero-order valence-electron chi connectivity index (χ0n) is 18.6. The van der Waals surface area contributed by atoms with Crippen LogP contribution in [0.1, 0.15) is 43.4 Å². The summed E-state index contributed by atoms with van der Waals surface area (Å²) in [4.78, 5) is 14.8. The monoisotopic (exact) mass is 431 g/mol. The Morgan fingerprint density at radius 3 is 2.72 bits per heavy atom. The number of ether oxygens (including phenoxy) is 2. The quantitative estimate of drug-likeness (QED) is 0.698. The number of carbonyl (C=O) groups excluding carboxylic acids is 1. The molecule has 1 fully saturated rings. The largest absolute Gasteiger partial charge is 0.493 e. The van der Waals surface area contributed by atoms with Crippen molar-refractivity contribution in [2.24, 2.45) is 0 Å². The number of fused-ring (bicyclic) bond motifs is 1. The van der Waals surface area contributed by atoms with Crippen LogP contribution < -0.4 is 19.7 Å². The van der Waals surface area contributed by atoms with Crippen LogP contribution in [0.3, 0.4) is 0 Å². The van der Waals surface area contributed by atoms with E-state index in [0.29, 0.717) is 12.2 Å². The van der Waals surface area contributed by atoms with Gasteiger partial charge in [-0.25, -0.2) is 0 Å². The molecule has 1 atom stereocenters. The molecule has 2 aliphatic rings. The number of benzene rings is 2. The van der Waals surface area contributed by atoms with Crippen molar-refractivity contribution in [2.45, 2.75) is 45.3 Å². The van der Waals surface area contributed by atoms with Gasteiger partial charge in [0.05, 0.1) is 18.2 Å². The molecule has 2 aliphatic heterocycles. The molecular weight excluding hydrogens is 402 g/mol. The van der Waals surface area contributed by atoms with Crippen molar-refractivity contribution in [3.05, 3.63) is 59.2 Å². The minimum atomic E-state index is -0.0981. The van der Waals surface area contributed by atoms with Crippen LogP contribution in [-0.4, -0.2) is 37.7 Å². The highest BCUT2D eigenvalue weighted by Crippen LogP contribution is 2.35. The normalized spacial score (nSPS) is 18.2. The lowest BCUT2D eigenvalue weighted by Gasteiger charge is -2.33. The summed E-state index contributed by atoms with van der Waals surface area (Å²) in [5.74, 6) is 1.55. The summed E-state index contributed by atoms with van der Waals surface area (Å²) >= 11 is 0. The first-order chi connectivity index (χ1) is 15.6. The number of rotatable bonds is 6. The number of anilines is 1. The summed E-state index contributed by atoms with van der Waals surface area (Å²) in [5, 5.41) is 12.1. The maximum absolute atomic E-state index is 12.5. The number of hydrogen-bond acceptors (Lipinski definition) is 5. The molecule has 2 aromatic rings. The minimum absolute atomic E-state index is 0.0981. The van der Waals surface area contributed by atoms with E-state index in [-0.39, 0.29) is 18.1 Å². The molecule has 1 saturated heterocycles. The third-order valence-corrected chi connectivity index (χ3v) is 5.95. The van der Waals surface area contributed by atoms with Gasteiger partial charge in [-0.2, -0.15) is 5.26 Å². The molecule has 0 aromatic heterocycles. The summed E-state index contributed by atoms with van der Waals surface area (Å²) in [7, 11) is 0. The van der Waals surface area contributed by atoms with Gasteiger partial charge in [0, 0.05) is 48.4 Å². The Kier molecular flexibility index (Phi) is 6.65. The van der Waals surface area contributed by atoms with Gasteiger partial charge in [0.2, 0.25) is 5.91 Å². The van der Waals surface area contributed by atoms with E-state index in [2.05, 4.69) is 23.2 Å². The van der Waals surface area contributed by atoms with Crippen LogP contribution in [0.15, 0.2) is 42.5 Å². The molecule has 6 nitrogen and oxygen atoms in total. The van der Waals surface area contributed by atoms with Crippen LogP contribution in [-0.2, 0) is 11.2 Å². The van der Waals surface area contributed by atoms with Crippen LogP contribution in [0.2, 0.25) is 0 Å². The fourth-order valence-electron chi connectivity index (χ4n) is 4.31. The molecule has 1 amide bonds. The van der Waals surface area contributed by atoms with Gasteiger partial charge in [-0.05, 0) is 69.2 Å². The SMILES string of the molecule is CCOc1cc2c(cc1/C=C/C(=O)NC1CCN(c3ccc(C#N)cc3)CC1)OC(C)C2. The Labute approximate surface area is 189 Å². The molecule has 32 heavy (non-hydrogen) atoms. The summed E-state index contributed by atoms with van der Waals surface area (Å²) in [6, 6.07) is 13.9. The molecular formula is C26H29N3O3. The Morgan fingerprint density at radius 1 is 1.28 bits per heavy atom. The average Bonchev–Trinajstić information content (AvgIpc) is 3.17. The van der Waals surface area contributed by atoms with Gasteiger partial charge in [-0.1, -0.05) is 0 Å². The molecule has 166 valence electrons. The summed E-state index contributed by atoms with van der Waals surface area (Å²) < 4.78 is 11.6. The fraction of sp³-hybridized carbons (Fsp3) is 0.385. The number of nitriles is 1. The predicted octanol–water partition coefficient (Wildman–Crippen LogP) is 4.08. The van der Waals surface area contributed by atoms with Crippen LogP contribution in [0.5, 0.6) is 11.5 Å². The van der Waals surface area contributed by atoms with Crippen molar-refractivity contribution in [3.63, 3.8) is 0 Å². The van der Waals surface area contributed by atoms with Gasteiger partial charge in [0.25, 0.3) is 0 Å². The molecule has 4 rings (SSSR count). The van der Waals surface area contributed by atoms with Crippen molar-refractivity contribution >= 4 is 17.7 Å². The molecule has 6 heteroatoms. The average molecular weight is 432 g/mol. The van der Waals surface area contributed by atoms with Gasteiger partial charge in [-0.3, -0.25) is 4.79 Å². The highest BCUT2D eigenvalue weighted by Gasteiger charge is 2.22. The molecule has 0 radical (unpaired) electrons. The van der Waals surface area contributed by atoms with E-state index in [4.69, 9.17) is 14.7 Å². The molecule has 0 aliphatic carbocycles. The minimum Gasteiger partial charge on any atom is -0.493 e. The number of hydrogen-bond donors (Lipinski definition) is 1. The molecule has 1 N–H and O–H groups in total. The molecule has 2 heterocycles. The second-order valence-corrected chi connectivity index (χ2v) is 8.33. The van der Waals surface area contributed by atoms with Crippen molar-refractivity contribution < 1.29 is 14.3 Å². The molecule has 0 spiro atoms. The Hall–Kier alpha value is -3.46. The molecule has 0 bridgehead atoms. The topological polar surface area (TPSA) is 74.6 Å². The van der Waals surface area contributed by atoms with Crippen LogP contribution in [0, 0.1) is 11.3 Å². The lowest BCUT2D eigenvalue weighted by atomic mass is 10.0. The van der Waals surface area contributed by atoms with Gasteiger partial charge in [-0.15, -0.1) is 0 Å². The lowest BCUT2D eigenvalue weighted by Crippen LogP contribution is -2.44. The summed E-state index contributed by atoms with van der Waals surface area (Å²) in [6.45, 7) is 6.32. The van der Waals surface area contributed by atoms with Crippen LogP contribution in [0.25, 0.3) is 6.08 Å². The van der Waals surface area contributed by atoms with E-state index < -0.39 is 0 Å². The zero-order valence-corrected chi connectivity index (χ0v) is 18.6. The third-order valence-electron chi connectivity index (χ3n) is 5.95. The van der Waals surface area contributed by atoms with Crippen LogP contribution >= 0.6 is 0 Å². The second kappa shape index (κ2) is 9.78. The first-order valence-electron chi connectivity index (χ1n) is 11.3. The summed E-state index contributed by atoms with van der Waals surface area (Å²) in [6.07, 6.45) is 6.19. The van der Waals surface area contributed by atoms with Crippen molar-refractivity contribution in [1.82, 2.24) is 5.32 Å². The molecule has 2 aromatic carbocycles. The Morgan fingerprint density at radius 2 is 2.03 bits per heavy atom.